The number of benzene rings is 2. The van der Waals surface area contributed by atoms with Crippen molar-refractivity contribution < 1.29 is 19.1 Å². The Kier molecular flexibility index (Phi) is 4.42. The number of carbonyl (C=O) groups excluding carboxylic acids is 2. The Balaban J connectivity index is 1.88. The van der Waals surface area contributed by atoms with E-state index in [2.05, 4.69) is 0 Å². The molecule has 4 nitrogen and oxygen atoms in total. The van der Waals surface area contributed by atoms with Gasteiger partial charge in [0.2, 0.25) is 0 Å². The fourth-order valence-electron chi connectivity index (χ4n) is 2.95. The summed E-state index contributed by atoms with van der Waals surface area (Å²) >= 11 is 0. The highest BCUT2D eigenvalue weighted by Gasteiger charge is 2.33. The Hall–Kier alpha value is -2.62. The Morgan fingerprint density at radius 1 is 1.09 bits per heavy atom. The van der Waals surface area contributed by atoms with Gasteiger partial charge in [-0.2, -0.15) is 0 Å². The Bertz CT molecular complexity index is 721. The van der Waals surface area contributed by atoms with E-state index in [1.54, 1.807) is 37.3 Å². The summed E-state index contributed by atoms with van der Waals surface area (Å²) in [6, 6.07) is 14.4. The van der Waals surface area contributed by atoms with Crippen LogP contribution in [0.4, 0.5) is 0 Å². The van der Waals surface area contributed by atoms with Crippen molar-refractivity contribution in [2.24, 2.45) is 0 Å². The molecule has 0 fully saturated rings. The molecule has 0 bridgehead atoms. The highest BCUT2D eigenvalue weighted by atomic mass is 16.5. The molecule has 0 N–H and O–H groups in total. The standard InChI is InChI=1S/C19H18O4/c1-2-22-19(21)15-12-11-13-9-6-10-16(17(13)15)23-18(20)14-7-4-3-5-8-14/h3-10,15H,2,11-12H2,1H3. The molecule has 0 radical (unpaired) electrons. The van der Waals surface area contributed by atoms with Crippen LogP contribution in [0.3, 0.4) is 0 Å². The maximum Gasteiger partial charge on any atom is 0.343 e. The molecule has 0 spiro atoms. The van der Waals surface area contributed by atoms with Crippen molar-refractivity contribution in [2.45, 2.75) is 25.7 Å². The minimum atomic E-state index is -0.423. The van der Waals surface area contributed by atoms with Crippen LogP contribution < -0.4 is 4.74 Å². The molecule has 4 heteroatoms. The molecule has 118 valence electrons. The van der Waals surface area contributed by atoms with Gasteiger partial charge in [-0.15, -0.1) is 0 Å². The van der Waals surface area contributed by atoms with E-state index >= 15 is 0 Å². The van der Waals surface area contributed by atoms with E-state index < -0.39 is 5.97 Å². The molecule has 0 aromatic heterocycles. The normalized spacial score (nSPS) is 15.8. The predicted octanol–water partition coefficient (Wildman–Crippen LogP) is 3.50. The Morgan fingerprint density at radius 3 is 2.61 bits per heavy atom. The lowest BCUT2D eigenvalue weighted by Gasteiger charge is -2.14. The van der Waals surface area contributed by atoms with Crippen LogP contribution in [0.25, 0.3) is 0 Å². The van der Waals surface area contributed by atoms with E-state index in [4.69, 9.17) is 9.47 Å². The Morgan fingerprint density at radius 2 is 1.87 bits per heavy atom. The van der Waals surface area contributed by atoms with E-state index in [1.807, 2.05) is 18.2 Å². The third-order valence-corrected chi connectivity index (χ3v) is 3.99. The van der Waals surface area contributed by atoms with Gasteiger partial charge >= 0.3 is 11.9 Å². The van der Waals surface area contributed by atoms with Crippen LogP contribution in [0.15, 0.2) is 48.5 Å². The van der Waals surface area contributed by atoms with E-state index in [0.717, 1.165) is 17.5 Å². The minimum absolute atomic E-state index is 0.255. The van der Waals surface area contributed by atoms with Crippen LogP contribution in [0.1, 0.15) is 40.7 Å². The smallest absolute Gasteiger partial charge is 0.343 e. The molecule has 0 saturated carbocycles. The largest absolute Gasteiger partial charge is 0.466 e. The van der Waals surface area contributed by atoms with Crippen molar-refractivity contribution in [1.29, 1.82) is 0 Å². The lowest BCUT2D eigenvalue weighted by molar-refractivity contribution is -0.144. The van der Waals surface area contributed by atoms with Gasteiger partial charge in [0.1, 0.15) is 5.75 Å². The van der Waals surface area contributed by atoms with E-state index in [-0.39, 0.29) is 11.9 Å². The first-order valence-electron chi connectivity index (χ1n) is 7.76. The minimum Gasteiger partial charge on any atom is -0.466 e. The zero-order valence-electron chi connectivity index (χ0n) is 13.0. The van der Waals surface area contributed by atoms with Gasteiger partial charge in [0.05, 0.1) is 18.1 Å². The number of hydrogen-bond donors (Lipinski definition) is 0. The summed E-state index contributed by atoms with van der Waals surface area (Å²) in [4.78, 5) is 24.4. The van der Waals surface area contributed by atoms with Crippen LogP contribution in [-0.4, -0.2) is 18.5 Å². The number of carbonyl (C=O) groups is 2. The lowest BCUT2D eigenvalue weighted by atomic mass is 10.0. The summed E-state index contributed by atoms with van der Waals surface area (Å²) in [6.45, 7) is 2.13. The first-order chi connectivity index (χ1) is 11.2. The summed E-state index contributed by atoms with van der Waals surface area (Å²) in [5.74, 6) is -0.584. The number of aryl methyl sites for hydroxylation is 1. The van der Waals surface area contributed by atoms with E-state index in [1.165, 1.54) is 0 Å². The number of rotatable bonds is 4. The van der Waals surface area contributed by atoms with Gasteiger partial charge in [0.25, 0.3) is 0 Å². The quantitative estimate of drug-likeness (QED) is 0.640. The van der Waals surface area contributed by atoms with Crippen molar-refractivity contribution in [3.05, 3.63) is 65.2 Å². The van der Waals surface area contributed by atoms with Gasteiger partial charge in [0.15, 0.2) is 0 Å². The van der Waals surface area contributed by atoms with Gasteiger partial charge in [-0.05, 0) is 43.5 Å². The zero-order valence-corrected chi connectivity index (χ0v) is 13.0. The SMILES string of the molecule is CCOC(=O)C1CCc2cccc(OC(=O)c3ccccc3)c21. The fourth-order valence-corrected chi connectivity index (χ4v) is 2.95. The number of esters is 2. The third-order valence-electron chi connectivity index (χ3n) is 3.99. The molecular weight excluding hydrogens is 292 g/mol. The summed E-state index contributed by atoms with van der Waals surface area (Å²) in [7, 11) is 0. The number of fused-ring (bicyclic) bond motifs is 1. The van der Waals surface area contributed by atoms with Crippen LogP contribution >= 0.6 is 0 Å². The van der Waals surface area contributed by atoms with Gasteiger partial charge in [-0.3, -0.25) is 4.79 Å². The molecule has 1 aliphatic carbocycles. The molecule has 1 aliphatic rings. The molecule has 2 aromatic carbocycles. The Labute approximate surface area is 135 Å². The average molecular weight is 310 g/mol. The summed E-state index contributed by atoms with van der Waals surface area (Å²) in [5, 5.41) is 0. The number of ether oxygens (including phenoxy) is 2. The predicted molar refractivity (Wildman–Crippen MR) is 85.5 cm³/mol. The van der Waals surface area contributed by atoms with Gasteiger partial charge in [-0.1, -0.05) is 30.3 Å². The van der Waals surface area contributed by atoms with Crippen molar-refractivity contribution in [1.82, 2.24) is 0 Å². The second-order valence-corrected chi connectivity index (χ2v) is 5.43. The van der Waals surface area contributed by atoms with Gasteiger partial charge in [0, 0.05) is 5.56 Å². The first-order valence-corrected chi connectivity index (χ1v) is 7.76. The molecule has 0 heterocycles. The average Bonchev–Trinajstić information content (AvgIpc) is 3.01. The second kappa shape index (κ2) is 6.65. The summed E-state index contributed by atoms with van der Waals surface area (Å²) in [6.07, 6.45) is 1.48. The third kappa shape index (κ3) is 3.11. The molecule has 1 atom stereocenters. The lowest BCUT2D eigenvalue weighted by Crippen LogP contribution is -2.16. The monoisotopic (exact) mass is 310 g/mol. The molecule has 3 rings (SSSR count). The van der Waals surface area contributed by atoms with Gasteiger partial charge < -0.3 is 9.47 Å². The molecule has 2 aromatic rings. The summed E-state index contributed by atoms with van der Waals surface area (Å²) < 4.78 is 10.7. The molecule has 0 saturated heterocycles. The molecule has 23 heavy (non-hydrogen) atoms. The molecule has 0 amide bonds. The van der Waals surface area contributed by atoms with Crippen LogP contribution in [0.2, 0.25) is 0 Å². The van der Waals surface area contributed by atoms with Crippen LogP contribution in [0, 0.1) is 0 Å². The maximum atomic E-state index is 12.3. The fraction of sp³-hybridized carbons (Fsp3) is 0.263. The van der Waals surface area contributed by atoms with Crippen molar-refractivity contribution in [2.75, 3.05) is 6.61 Å². The molecule has 0 aliphatic heterocycles. The van der Waals surface area contributed by atoms with Gasteiger partial charge in [-0.25, -0.2) is 4.79 Å². The molecular formula is C19H18O4. The van der Waals surface area contributed by atoms with E-state index in [9.17, 15) is 9.59 Å². The van der Waals surface area contributed by atoms with Crippen molar-refractivity contribution in [3.8, 4) is 5.75 Å². The first kappa shape index (κ1) is 15.3. The highest BCUT2D eigenvalue weighted by molar-refractivity contribution is 5.91. The summed E-state index contributed by atoms with van der Waals surface area (Å²) in [5.41, 5.74) is 2.31. The highest BCUT2D eigenvalue weighted by Crippen LogP contribution is 2.40. The molecule has 1 unspecified atom stereocenters. The van der Waals surface area contributed by atoms with Crippen LogP contribution in [0.5, 0.6) is 5.75 Å². The van der Waals surface area contributed by atoms with Crippen LogP contribution in [-0.2, 0) is 16.0 Å². The number of hydrogen-bond acceptors (Lipinski definition) is 4. The second-order valence-electron chi connectivity index (χ2n) is 5.43. The maximum absolute atomic E-state index is 12.3. The van der Waals surface area contributed by atoms with Crippen molar-refractivity contribution >= 4 is 11.9 Å². The topological polar surface area (TPSA) is 52.6 Å². The zero-order chi connectivity index (χ0) is 16.2. The van der Waals surface area contributed by atoms with E-state index in [0.29, 0.717) is 24.3 Å². The van der Waals surface area contributed by atoms with Crippen molar-refractivity contribution in [3.63, 3.8) is 0 Å².